The highest BCUT2D eigenvalue weighted by atomic mass is 14.9. The number of nitrogens with one attached hydrogen (secondary N) is 1. The molecule has 1 nitrogen and oxygen atoms in total. The molecule has 5 rings (SSSR count). The van der Waals surface area contributed by atoms with Gasteiger partial charge in [0.25, 0.3) is 0 Å². The SMILES string of the molecule is C1=C2Nc3cc4ccccc4cc3C2Cc2ccccc21. The Morgan fingerprint density at radius 2 is 1.62 bits per heavy atom. The smallest absolute Gasteiger partial charge is 0.0427 e. The molecule has 0 bridgehead atoms. The van der Waals surface area contributed by atoms with Gasteiger partial charge >= 0.3 is 0 Å². The topological polar surface area (TPSA) is 12.0 Å². The number of fused-ring (bicyclic) bond motifs is 5. The summed E-state index contributed by atoms with van der Waals surface area (Å²) >= 11 is 0. The number of benzene rings is 3. The fraction of sp³-hybridized carbons (Fsp3) is 0.100. The van der Waals surface area contributed by atoms with E-state index in [0.717, 1.165) is 6.42 Å². The van der Waals surface area contributed by atoms with Gasteiger partial charge in [-0.1, -0.05) is 48.5 Å². The Bertz CT molecular complexity index is 905. The number of hydrogen-bond acceptors (Lipinski definition) is 1. The molecule has 0 amide bonds. The van der Waals surface area contributed by atoms with Crippen LogP contribution in [-0.4, -0.2) is 0 Å². The van der Waals surface area contributed by atoms with Gasteiger partial charge in [-0.15, -0.1) is 0 Å². The van der Waals surface area contributed by atoms with Gasteiger partial charge < -0.3 is 5.32 Å². The van der Waals surface area contributed by atoms with Crippen molar-refractivity contribution in [2.24, 2.45) is 0 Å². The van der Waals surface area contributed by atoms with Gasteiger partial charge in [-0.3, -0.25) is 0 Å². The quantitative estimate of drug-likeness (QED) is 0.609. The van der Waals surface area contributed by atoms with Gasteiger partial charge in [-0.25, -0.2) is 0 Å². The van der Waals surface area contributed by atoms with Crippen molar-refractivity contribution in [3.05, 3.63) is 83.1 Å². The molecule has 0 spiro atoms. The van der Waals surface area contributed by atoms with Gasteiger partial charge in [0.05, 0.1) is 0 Å². The molecule has 0 saturated carbocycles. The second-order valence-electron chi connectivity index (χ2n) is 5.97. The molecular formula is C20H15N. The number of allylic oxidation sites excluding steroid dienone is 1. The lowest BCUT2D eigenvalue weighted by molar-refractivity contribution is 0.812. The fourth-order valence-corrected chi connectivity index (χ4v) is 3.67. The highest BCUT2D eigenvalue weighted by Gasteiger charge is 2.30. The summed E-state index contributed by atoms with van der Waals surface area (Å²) in [6.07, 6.45) is 3.41. The molecule has 0 fully saturated rings. The van der Waals surface area contributed by atoms with E-state index in [2.05, 4.69) is 72.1 Å². The van der Waals surface area contributed by atoms with Crippen LogP contribution in [0.3, 0.4) is 0 Å². The molecule has 0 radical (unpaired) electrons. The van der Waals surface area contributed by atoms with Crippen LogP contribution in [-0.2, 0) is 6.42 Å². The highest BCUT2D eigenvalue weighted by Crippen LogP contribution is 2.45. The summed E-state index contributed by atoms with van der Waals surface area (Å²) in [7, 11) is 0. The van der Waals surface area contributed by atoms with Crippen molar-refractivity contribution in [2.45, 2.75) is 12.3 Å². The average Bonchev–Trinajstić information content (AvgIpc) is 2.87. The zero-order chi connectivity index (χ0) is 13.8. The van der Waals surface area contributed by atoms with Crippen molar-refractivity contribution in [2.75, 3.05) is 5.32 Å². The highest BCUT2D eigenvalue weighted by molar-refractivity contribution is 5.90. The average molecular weight is 269 g/mol. The predicted molar refractivity (Wildman–Crippen MR) is 88.4 cm³/mol. The van der Waals surface area contributed by atoms with Gasteiger partial charge in [-0.05, 0) is 52.1 Å². The molecule has 21 heavy (non-hydrogen) atoms. The molecule has 0 aromatic heterocycles. The van der Waals surface area contributed by atoms with Crippen molar-refractivity contribution >= 4 is 22.5 Å². The molecule has 1 aliphatic heterocycles. The summed E-state index contributed by atoms with van der Waals surface area (Å²) in [4.78, 5) is 0. The zero-order valence-electron chi connectivity index (χ0n) is 11.6. The first-order valence-corrected chi connectivity index (χ1v) is 7.48. The first kappa shape index (κ1) is 11.2. The van der Waals surface area contributed by atoms with Crippen LogP contribution in [0.4, 0.5) is 5.69 Å². The Balaban J connectivity index is 1.71. The molecular weight excluding hydrogens is 254 g/mol. The van der Waals surface area contributed by atoms with Gasteiger partial charge in [0, 0.05) is 17.3 Å². The summed E-state index contributed by atoms with van der Waals surface area (Å²) < 4.78 is 0. The Hall–Kier alpha value is -2.54. The van der Waals surface area contributed by atoms with Gasteiger partial charge in [0.1, 0.15) is 0 Å². The largest absolute Gasteiger partial charge is 0.358 e. The standard InChI is InChI=1S/C20H15N/c1-3-7-15-11-19-17(9-13(15)5-1)18-10-14-6-2-4-8-16(14)12-20(18)21-19/h1-9,11-12,18,21H,10H2. The van der Waals surface area contributed by atoms with Gasteiger partial charge in [0.2, 0.25) is 0 Å². The van der Waals surface area contributed by atoms with Crippen molar-refractivity contribution < 1.29 is 0 Å². The van der Waals surface area contributed by atoms with E-state index in [1.165, 1.54) is 38.8 Å². The Labute approximate surface area is 123 Å². The predicted octanol–water partition coefficient (Wildman–Crippen LogP) is 4.95. The van der Waals surface area contributed by atoms with Crippen LogP contribution in [0.5, 0.6) is 0 Å². The monoisotopic (exact) mass is 269 g/mol. The van der Waals surface area contributed by atoms with Crippen molar-refractivity contribution in [1.82, 2.24) is 0 Å². The Morgan fingerprint density at radius 3 is 2.52 bits per heavy atom. The second kappa shape index (κ2) is 3.98. The summed E-state index contributed by atoms with van der Waals surface area (Å²) in [6.45, 7) is 0. The number of anilines is 1. The third-order valence-electron chi connectivity index (χ3n) is 4.74. The van der Waals surface area contributed by atoms with Crippen LogP contribution in [0.15, 0.2) is 66.4 Å². The van der Waals surface area contributed by atoms with Crippen LogP contribution in [0, 0.1) is 0 Å². The van der Waals surface area contributed by atoms with E-state index in [0.29, 0.717) is 5.92 Å². The molecule has 1 aliphatic carbocycles. The van der Waals surface area contributed by atoms with E-state index >= 15 is 0 Å². The summed E-state index contributed by atoms with van der Waals surface area (Å²) in [6, 6.07) is 22.0. The molecule has 2 aliphatic rings. The van der Waals surface area contributed by atoms with Crippen molar-refractivity contribution in [3.63, 3.8) is 0 Å². The maximum absolute atomic E-state index is 3.63. The fourth-order valence-electron chi connectivity index (χ4n) is 3.67. The van der Waals surface area contributed by atoms with Gasteiger partial charge in [-0.2, -0.15) is 0 Å². The van der Waals surface area contributed by atoms with E-state index < -0.39 is 0 Å². The first-order valence-electron chi connectivity index (χ1n) is 7.48. The third-order valence-corrected chi connectivity index (χ3v) is 4.74. The van der Waals surface area contributed by atoms with Crippen LogP contribution in [0.2, 0.25) is 0 Å². The Kier molecular flexibility index (Phi) is 2.12. The minimum atomic E-state index is 0.486. The molecule has 3 aromatic carbocycles. The molecule has 100 valence electrons. The van der Waals surface area contributed by atoms with Crippen LogP contribution in [0.25, 0.3) is 16.8 Å². The van der Waals surface area contributed by atoms with E-state index in [9.17, 15) is 0 Å². The minimum absolute atomic E-state index is 0.486. The van der Waals surface area contributed by atoms with Crippen LogP contribution >= 0.6 is 0 Å². The normalized spacial score (nSPS) is 18.5. The molecule has 3 aromatic rings. The molecule has 1 heteroatoms. The molecule has 1 N–H and O–H groups in total. The zero-order valence-corrected chi connectivity index (χ0v) is 11.6. The maximum atomic E-state index is 3.63. The lowest BCUT2D eigenvalue weighted by Crippen LogP contribution is -2.09. The minimum Gasteiger partial charge on any atom is -0.358 e. The lowest BCUT2D eigenvalue weighted by Gasteiger charge is -2.20. The molecule has 1 atom stereocenters. The van der Waals surface area contributed by atoms with Crippen molar-refractivity contribution in [1.29, 1.82) is 0 Å². The summed E-state index contributed by atoms with van der Waals surface area (Å²) in [5.41, 5.74) is 6.87. The molecule has 1 unspecified atom stereocenters. The van der Waals surface area contributed by atoms with E-state index in [1.54, 1.807) is 0 Å². The summed E-state index contributed by atoms with van der Waals surface area (Å²) in [5.74, 6) is 0.486. The number of hydrogen-bond donors (Lipinski definition) is 1. The van der Waals surface area contributed by atoms with E-state index in [1.807, 2.05) is 0 Å². The molecule has 1 heterocycles. The van der Waals surface area contributed by atoms with Crippen LogP contribution in [0.1, 0.15) is 22.6 Å². The van der Waals surface area contributed by atoms with E-state index in [4.69, 9.17) is 0 Å². The lowest BCUT2D eigenvalue weighted by atomic mass is 9.84. The van der Waals surface area contributed by atoms with Crippen molar-refractivity contribution in [3.8, 4) is 0 Å². The Morgan fingerprint density at radius 1 is 0.857 bits per heavy atom. The van der Waals surface area contributed by atoms with E-state index in [-0.39, 0.29) is 0 Å². The molecule has 0 saturated heterocycles. The third kappa shape index (κ3) is 1.58. The van der Waals surface area contributed by atoms with Crippen LogP contribution < -0.4 is 5.32 Å². The number of rotatable bonds is 0. The van der Waals surface area contributed by atoms with Gasteiger partial charge in [0.15, 0.2) is 0 Å². The summed E-state index contributed by atoms with van der Waals surface area (Å²) in [5, 5.41) is 6.27. The maximum Gasteiger partial charge on any atom is 0.0427 e. The second-order valence-corrected chi connectivity index (χ2v) is 5.97. The first-order chi connectivity index (χ1) is 10.4.